The fourth-order valence-electron chi connectivity index (χ4n) is 4.88. The number of hydrogen-bond donors (Lipinski definition) is 1. The van der Waals surface area contributed by atoms with Crippen molar-refractivity contribution in [3.8, 4) is 6.07 Å². The van der Waals surface area contributed by atoms with Gasteiger partial charge in [0.25, 0.3) is 0 Å². The minimum Gasteiger partial charge on any atom is -0.352 e. The van der Waals surface area contributed by atoms with E-state index < -0.39 is 0 Å². The van der Waals surface area contributed by atoms with E-state index in [4.69, 9.17) is 5.26 Å². The van der Waals surface area contributed by atoms with Crippen LogP contribution in [0.1, 0.15) is 45.4 Å². The number of carbonyl (C=O) groups excluding carboxylic acids is 1. The van der Waals surface area contributed by atoms with E-state index in [2.05, 4.69) is 11.4 Å². The Balaban J connectivity index is 1.66. The number of carbonyl (C=O) groups is 1. The number of hydrogen-bond acceptors (Lipinski definition) is 2. The first-order chi connectivity index (χ1) is 8.67. The van der Waals surface area contributed by atoms with Gasteiger partial charge in [0, 0.05) is 12.0 Å². The van der Waals surface area contributed by atoms with E-state index in [1.165, 1.54) is 32.1 Å². The maximum absolute atomic E-state index is 12.4. The Morgan fingerprint density at radius 2 is 1.78 bits per heavy atom. The maximum Gasteiger partial charge on any atom is 0.223 e. The largest absolute Gasteiger partial charge is 0.352 e. The third kappa shape index (κ3) is 2.02. The maximum atomic E-state index is 12.4. The van der Waals surface area contributed by atoms with Crippen molar-refractivity contribution in [1.82, 2.24) is 5.32 Å². The molecule has 4 rings (SSSR count). The average molecular weight is 246 g/mol. The van der Waals surface area contributed by atoms with Crippen molar-refractivity contribution in [2.24, 2.45) is 29.6 Å². The molecule has 0 radical (unpaired) electrons. The summed E-state index contributed by atoms with van der Waals surface area (Å²) in [5.41, 5.74) is 0. The topological polar surface area (TPSA) is 52.9 Å². The van der Waals surface area contributed by atoms with E-state index in [9.17, 15) is 4.79 Å². The number of nitrogens with zero attached hydrogens (tertiary/aromatic N) is 1. The molecular formula is C15H22N2O. The molecular weight excluding hydrogens is 224 g/mol. The summed E-state index contributed by atoms with van der Waals surface area (Å²) in [7, 11) is 0. The summed E-state index contributed by atoms with van der Waals surface area (Å²) < 4.78 is 0. The zero-order chi connectivity index (χ0) is 12.7. The van der Waals surface area contributed by atoms with Crippen molar-refractivity contribution in [3.63, 3.8) is 0 Å². The zero-order valence-corrected chi connectivity index (χ0v) is 11.1. The second kappa shape index (κ2) is 4.57. The number of nitriles is 1. The summed E-state index contributed by atoms with van der Waals surface area (Å²) in [6, 6.07) is 2.13. The lowest BCUT2D eigenvalue weighted by molar-refractivity contribution is -0.138. The van der Waals surface area contributed by atoms with Crippen molar-refractivity contribution in [3.05, 3.63) is 0 Å². The fourth-order valence-corrected chi connectivity index (χ4v) is 4.88. The van der Waals surface area contributed by atoms with E-state index in [1.54, 1.807) is 0 Å². The number of amides is 1. The second-order valence-corrected chi connectivity index (χ2v) is 6.73. The molecule has 4 aliphatic rings. The molecule has 18 heavy (non-hydrogen) atoms. The van der Waals surface area contributed by atoms with Crippen molar-refractivity contribution < 1.29 is 4.79 Å². The predicted molar refractivity (Wildman–Crippen MR) is 68.4 cm³/mol. The smallest absolute Gasteiger partial charge is 0.223 e. The number of nitrogens with one attached hydrogen (secondary N) is 1. The molecule has 3 nitrogen and oxygen atoms in total. The molecule has 1 unspecified atom stereocenters. The van der Waals surface area contributed by atoms with Gasteiger partial charge >= 0.3 is 0 Å². The quantitative estimate of drug-likeness (QED) is 0.831. The molecule has 0 aromatic rings. The second-order valence-electron chi connectivity index (χ2n) is 6.73. The molecule has 3 heteroatoms. The van der Waals surface area contributed by atoms with Crippen LogP contribution in [0, 0.1) is 40.9 Å². The molecule has 0 aromatic heterocycles. The summed E-state index contributed by atoms with van der Waals surface area (Å²) in [5, 5.41) is 11.7. The van der Waals surface area contributed by atoms with Gasteiger partial charge in [-0.05, 0) is 62.7 Å². The standard InChI is InChI=1S/C15H22N2O/c1-9(2-3-16)17-15(18)14-12-5-10-4-11(7-12)8-13(14)6-10/h9-14H,2,4-8H2,1H3,(H,17,18). The van der Waals surface area contributed by atoms with Gasteiger partial charge in [0.15, 0.2) is 0 Å². The predicted octanol–water partition coefficient (Wildman–Crippen LogP) is 2.48. The van der Waals surface area contributed by atoms with Gasteiger partial charge in [0.05, 0.1) is 12.5 Å². The minimum absolute atomic E-state index is 0.000289. The fraction of sp³-hybridized carbons (Fsp3) is 0.867. The van der Waals surface area contributed by atoms with Crippen molar-refractivity contribution in [1.29, 1.82) is 5.26 Å². The third-order valence-corrected chi connectivity index (χ3v) is 5.32. The van der Waals surface area contributed by atoms with Crippen LogP contribution in [0.4, 0.5) is 0 Å². The molecule has 4 bridgehead atoms. The summed E-state index contributed by atoms with van der Waals surface area (Å²) >= 11 is 0. The van der Waals surface area contributed by atoms with Gasteiger partial charge in [0.1, 0.15) is 0 Å². The van der Waals surface area contributed by atoms with Crippen LogP contribution < -0.4 is 5.32 Å². The summed E-state index contributed by atoms with van der Waals surface area (Å²) in [5.74, 6) is 3.57. The SMILES string of the molecule is CC(CC#N)NC(=O)C1C2CC3CC(C2)CC1C3. The molecule has 0 heterocycles. The van der Waals surface area contributed by atoms with Crippen molar-refractivity contribution in [2.45, 2.75) is 51.5 Å². The van der Waals surface area contributed by atoms with Gasteiger partial charge in [-0.15, -0.1) is 0 Å². The van der Waals surface area contributed by atoms with Gasteiger partial charge < -0.3 is 5.32 Å². The highest BCUT2D eigenvalue weighted by molar-refractivity contribution is 5.80. The van der Waals surface area contributed by atoms with Gasteiger partial charge in [0.2, 0.25) is 5.91 Å². The van der Waals surface area contributed by atoms with Gasteiger partial charge in [-0.3, -0.25) is 4.79 Å². The Morgan fingerprint density at radius 1 is 1.22 bits per heavy atom. The van der Waals surface area contributed by atoms with Crippen LogP contribution in [0.15, 0.2) is 0 Å². The normalized spacial score (nSPS) is 42.3. The lowest BCUT2D eigenvalue weighted by atomic mass is 9.51. The van der Waals surface area contributed by atoms with E-state index >= 15 is 0 Å². The zero-order valence-electron chi connectivity index (χ0n) is 11.1. The molecule has 0 saturated heterocycles. The lowest BCUT2D eigenvalue weighted by Crippen LogP contribution is -2.52. The summed E-state index contributed by atoms with van der Waals surface area (Å²) in [6.45, 7) is 1.93. The monoisotopic (exact) mass is 246 g/mol. The van der Waals surface area contributed by atoms with Crippen LogP contribution in [-0.2, 0) is 4.79 Å². The molecule has 0 aliphatic heterocycles. The third-order valence-electron chi connectivity index (χ3n) is 5.32. The number of rotatable bonds is 3. The summed E-state index contributed by atoms with van der Waals surface area (Å²) in [4.78, 5) is 12.4. The highest BCUT2D eigenvalue weighted by Crippen LogP contribution is 2.56. The highest BCUT2D eigenvalue weighted by atomic mass is 16.2. The van der Waals surface area contributed by atoms with Gasteiger partial charge in [-0.1, -0.05) is 0 Å². The van der Waals surface area contributed by atoms with Crippen LogP contribution in [0.5, 0.6) is 0 Å². The van der Waals surface area contributed by atoms with E-state index in [0.717, 1.165) is 11.8 Å². The minimum atomic E-state index is -0.000289. The van der Waals surface area contributed by atoms with Crippen molar-refractivity contribution >= 4 is 5.91 Å². The van der Waals surface area contributed by atoms with Crippen LogP contribution >= 0.6 is 0 Å². The molecule has 98 valence electrons. The highest BCUT2D eigenvalue weighted by Gasteiger charge is 2.50. The lowest BCUT2D eigenvalue weighted by Gasteiger charge is -2.53. The Bertz CT molecular complexity index is 356. The first-order valence-corrected chi connectivity index (χ1v) is 7.34. The first kappa shape index (κ1) is 12.0. The average Bonchev–Trinajstić information content (AvgIpc) is 2.27. The van der Waals surface area contributed by atoms with Crippen molar-refractivity contribution in [2.75, 3.05) is 0 Å². The first-order valence-electron chi connectivity index (χ1n) is 7.34. The molecule has 4 fully saturated rings. The Labute approximate surface area is 109 Å². The van der Waals surface area contributed by atoms with Gasteiger partial charge in [-0.2, -0.15) is 5.26 Å². The Hall–Kier alpha value is -1.04. The van der Waals surface area contributed by atoms with Gasteiger partial charge in [-0.25, -0.2) is 0 Å². The molecule has 1 N–H and O–H groups in total. The van der Waals surface area contributed by atoms with E-state index in [-0.39, 0.29) is 17.9 Å². The molecule has 4 saturated carbocycles. The molecule has 0 aromatic carbocycles. The summed E-state index contributed by atoms with van der Waals surface area (Å²) in [6.07, 6.45) is 6.94. The van der Waals surface area contributed by atoms with E-state index in [1.807, 2.05) is 6.92 Å². The molecule has 1 atom stereocenters. The molecule has 4 aliphatic carbocycles. The van der Waals surface area contributed by atoms with Crippen LogP contribution in [0.3, 0.4) is 0 Å². The molecule has 0 spiro atoms. The van der Waals surface area contributed by atoms with E-state index in [0.29, 0.717) is 18.3 Å². The Morgan fingerprint density at radius 3 is 2.28 bits per heavy atom. The van der Waals surface area contributed by atoms with Crippen LogP contribution in [-0.4, -0.2) is 11.9 Å². The Kier molecular flexibility index (Phi) is 3.05. The van der Waals surface area contributed by atoms with Crippen LogP contribution in [0.25, 0.3) is 0 Å². The molecule has 1 amide bonds. The van der Waals surface area contributed by atoms with Crippen LogP contribution in [0.2, 0.25) is 0 Å².